The molecule has 24 heavy (non-hydrogen) atoms. The monoisotopic (exact) mass is 333 g/mol. The lowest BCUT2D eigenvalue weighted by Gasteiger charge is -2.26. The van der Waals surface area contributed by atoms with Gasteiger partial charge in [-0.05, 0) is 25.5 Å². The number of amides is 1. The van der Waals surface area contributed by atoms with Gasteiger partial charge in [0.05, 0.1) is 13.2 Å². The lowest BCUT2D eigenvalue weighted by atomic mass is 9.92. The van der Waals surface area contributed by atoms with Gasteiger partial charge in [-0.25, -0.2) is 14.4 Å². The van der Waals surface area contributed by atoms with E-state index in [2.05, 4.69) is 5.32 Å². The molecule has 0 radical (unpaired) electrons. The van der Waals surface area contributed by atoms with Crippen LogP contribution in [0.2, 0.25) is 0 Å². The summed E-state index contributed by atoms with van der Waals surface area (Å²) in [6.07, 6.45) is 1.04. The number of hydrogen-bond donors (Lipinski definition) is 1. The summed E-state index contributed by atoms with van der Waals surface area (Å²) in [5.41, 5.74) is -1.23. The molecule has 0 saturated carbocycles. The number of rotatable bonds is 6. The number of carbonyl (C=O) groups excluding carboxylic acids is 3. The number of benzene rings is 1. The fourth-order valence-electron chi connectivity index (χ4n) is 2.32. The highest BCUT2D eigenvalue weighted by Crippen LogP contribution is 2.27. The predicted octanol–water partition coefficient (Wildman–Crippen LogP) is 1.67. The highest BCUT2D eigenvalue weighted by molar-refractivity contribution is 6.10. The lowest BCUT2D eigenvalue weighted by Crippen LogP contribution is -2.62. The van der Waals surface area contributed by atoms with Gasteiger partial charge in [0.25, 0.3) is 5.54 Å². The average Bonchev–Trinajstić information content (AvgIpc) is 2.92. The molecule has 128 valence electrons. The zero-order chi connectivity index (χ0) is 17.6. The molecule has 1 fully saturated rings. The third kappa shape index (κ3) is 3.40. The van der Waals surface area contributed by atoms with E-state index >= 15 is 0 Å². The average molecular weight is 333 g/mol. The van der Waals surface area contributed by atoms with Crippen LogP contribution in [-0.2, 0) is 23.8 Å². The van der Waals surface area contributed by atoms with Gasteiger partial charge in [-0.1, -0.05) is 36.4 Å². The second-order valence-electron chi connectivity index (χ2n) is 4.97. The van der Waals surface area contributed by atoms with Crippen molar-refractivity contribution < 1.29 is 28.6 Å². The number of esters is 2. The quantitative estimate of drug-likeness (QED) is 0.484. The third-order valence-corrected chi connectivity index (χ3v) is 3.42. The van der Waals surface area contributed by atoms with E-state index in [-0.39, 0.29) is 13.2 Å². The van der Waals surface area contributed by atoms with Gasteiger partial charge in [-0.3, -0.25) is 5.32 Å². The van der Waals surface area contributed by atoms with Crippen molar-refractivity contribution in [3.8, 4) is 0 Å². The fraction of sp³-hybridized carbons (Fsp3) is 0.353. The summed E-state index contributed by atoms with van der Waals surface area (Å²) in [4.78, 5) is 36.5. The van der Waals surface area contributed by atoms with Gasteiger partial charge in [-0.2, -0.15) is 0 Å². The molecule has 1 unspecified atom stereocenters. The molecule has 7 heteroatoms. The Morgan fingerprint density at radius 2 is 1.75 bits per heavy atom. The zero-order valence-corrected chi connectivity index (χ0v) is 13.5. The first kappa shape index (κ1) is 17.5. The van der Waals surface area contributed by atoms with Crippen molar-refractivity contribution in [2.24, 2.45) is 0 Å². The Kier molecular flexibility index (Phi) is 5.57. The van der Waals surface area contributed by atoms with Crippen molar-refractivity contribution in [1.29, 1.82) is 0 Å². The maximum Gasteiger partial charge on any atom is 0.409 e. The smallest absolute Gasteiger partial charge is 0.409 e. The minimum absolute atomic E-state index is 0.0466. The molecule has 2 rings (SSSR count). The molecule has 0 aromatic heterocycles. The van der Waals surface area contributed by atoms with Crippen molar-refractivity contribution in [1.82, 2.24) is 5.32 Å². The molecule has 0 aliphatic carbocycles. The number of hydrogen-bond acceptors (Lipinski definition) is 6. The molecule has 1 saturated heterocycles. The number of cyclic esters (lactones) is 1. The Hall–Kier alpha value is -2.83. The van der Waals surface area contributed by atoms with E-state index in [0.29, 0.717) is 0 Å². The molecular weight excluding hydrogens is 314 g/mol. The topological polar surface area (TPSA) is 90.9 Å². The highest BCUT2D eigenvalue weighted by Gasteiger charge is 2.62. The Morgan fingerprint density at radius 3 is 2.29 bits per heavy atom. The molecule has 1 aliphatic rings. The van der Waals surface area contributed by atoms with Crippen molar-refractivity contribution in [2.45, 2.75) is 25.5 Å². The van der Waals surface area contributed by atoms with Crippen molar-refractivity contribution in [3.05, 3.63) is 42.0 Å². The molecule has 1 N–H and O–H groups in total. The summed E-state index contributed by atoms with van der Waals surface area (Å²) in [6, 6.07) is 9.19. The van der Waals surface area contributed by atoms with Crippen LogP contribution in [0, 0.1) is 0 Å². The summed E-state index contributed by atoms with van der Waals surface area (Å²) < 4.78 is 15.0. The number of ether oxygens (including phenoxy) is 3. The van der Waals surface area contributed by atoms with Crippen molar-refractivity contribution >= 4 is 24.1 Å². The molecule has 1 atom stereocenters. The van der Waals surface area contributed by atoms with E-state index in [1.807, 2.05) is 30.3 Å². The van der Waals surface area contributed by atoms with Crippen LogP contribution in [0.3, 0.4) is 0 Å². The number of carbonyl (C=O) groups is 3. The van der Waals surface area contributed by atoms with Gasteiger partial charge in [0, 0.05) is 0 Å². The first-order valence-corrected chi connectivity index (χ1v) is 7.61. The summed E-state index contributed by atoms with van der Waals surface area (Å²) in [7, 11) is 0. The summed E-state index contributed by atoms with van der Waals surface area (Å²) in [5.74, 6) is -1.84. The van der Waals surface area contributed by atoms with E-state index < -0.39 is 29.7 Å². The largest absolute Gasteiger partial charge is 0.464 e. The summed E-state index contributed by atoms with van der Waals surface area (Å²) in [6.45, 7) is 3.29. The van der Waals surface area contributed by atoms with Crippen LogP contribution in [0.5, 0.6) is 0 Å². The van der Waals surface area contributed by atoms with Gasteiger partial charge in [0.1, 0.15) is 0 Å². The predicted molar refractivity (Wildman–Crippen MR) is 84.9 cm³/mol. The van der Waals surface area contributed by atoms with Crippen molar-refractivity contribution in [2.75, 3.05) is 13.2 Å². The van der Waals surface area contributed by atoms with Gasteiger partial charge < -0.3 is 14.2 Å². The Labute approximate surface area is 139 Å². The fourth-order valence-corrected chi connectivity index (χ4v) is 2.32. The van der Waals surface area contributed by atoms with E-state index in [0.717, 1.165) is 5.56 Å². The standard InChI is InChI=1S/C17H19NO6/c1-3-22-14(19)17(15(20)23-4-2)13(24-16(21)18-17)11-10-12-8-6-5-7-9-12/h5-11,13H,3-4H2,1-2H3,(H,18,21)/b11-10+. The number of nitrogens with one attached hydrogen (secondary N) is 1. The van der Waals surface area contributed by atoms with Crippen LogP contribution < -0.4 is 5.32 Å². The first-order valence-electron chi connectivity index (χ1n) is 7.61. The van der Waals surface area contributed by atoms with Crippen LogP contribution in [0.4, 0.5) is 4.79 Å². The Bertz CT molecular complexity index is 622. The number of alkyl carbamates (subject to hydrolysis) is 1. The Balaban J connectivity index is 2.37. The minimum Gasteiger partial charge on any atom is -0.464 e. The van der Waals surface area contributed by atoms with E-state index in [1.165, 1.54) is 6.08 Å². The van der Waals surface area contributed by atoms with Gasteiger partial charge in [0.15, 0.2) is 6.10 Å². The second kappa shape index (κ2) is 7.63. The maximum absolute atomic E-state index is 12.4. The lowest BCUT2D eigenvalue weighted by molar-refractivity contribution is -0.167. The van der Waals surface area contributed by atoms with Crippen LogP contribution in [0.25, 0.3) is 6.08 Å². The summed E-state index contributed by atoms with van der Waals surface area (Å²) >= 11 is 0. The van der Waals surface area contributed by atoms with Gasteiger partial charge >= 0.3 is 18.0 Å². The van der Waals surface area contributed by atoms with Crippen LogP contribution in [-0.4, -0.2) is 42.9 Å². The van der Waals surface area contributed by atoms with E-state index in [1.54, 1.807) is 19.9 Å². The maximum atomic E-state index is 12.4. The Morgan fingerprint density at radius 1 is 1.17 bits per heavy atom. The molecule has 1 aromatic carbocycles. The molecule has 1 heterocycles. The molecule has 7 nitrogen and oxygen atoms in total. The first-order chi connectivity index (χ1) is 11.5. The summed E-state index contributed by atoms with van der Waals surface area (Å²) in [5, 5.41) is 2.26. The molecular formula is C17H19NO6. The van der Waals surface area contributed by atoms with Crippen molar-refractivity contribution in [3.63, 3.8) is 0 Å². The zero-order valence-electron chi connectivity index (χ0n) is 13.5. The normalized spacial score (nSPS) is 18.8. The molecule has 1 aliphatic heterocycles. The molecule has 1 amide bonds. The van der Waals surface area contributed by atoms with Crippen LogP contribution in [0.1, 0.15) is 19.4 Å². The van der Waals surface area contributed by atoms with Crippen LogP contribution >= 0.6 is 0 Å². The third-order valence-electron chi connectivity index (χ3n) is 3.42. The second-order valence-corrected chi connectivity index (χ2v) is 4.97. The van der Waals surface area contributed by atoms with Gasteiger partial charge in [0.2, 0.25) is 0 Å². The molecule has 1 aromatic rings. The van der Waals surface area contributed by atoms with E-state index in [4.69, 9.17) is 14.2 Å². The SMILES string of the molecule is CCOC(=O)C1(C(=O)OCC)NC(=O)OC1/C=C/c1ccccc1. The molecule has 0 bridgehead atoms. The van der Waals surface area contributed by atoms with E-state index in [9.17, 15) is 14.4 Å². The van der Waals surface area contributed by atoms with Gasteiger partial charge in [-0.15, -0.1) is 0 Å². The molecule has 0 spiro atoms. The minimum atomic E-state index is -2.05. The highest BCUT2D eigenvalue weighted by atomic mass is 16.6. The van der Waals surface area contributed by atoms with Crippen LogP contribution in [0.15, 0.2) is 36.4 Å².